The molecule has 2 heterocycles. The Labute approximate surface area is 161 Å². The molecule has 1 aliphatic carbocycles. The first-order chi connectivity index (χ1) is 12.8. The van der Waals surface area contributed by atoms with Crippen molar-refractivity contribution in [2.24, 2.45) is 0 Å². The summed E-state index contributed by atoms with van der Waals surface area (Å²) in [5.74, 6) is -1.15. The number of aromatic nitrogens is 1. The van der Waals surface area contributed by atoms with Crippen LogP contribution in [0.15, 0.2) is 36.5 Å². The maximum atomic E-state index is 14.4. The highest BCUT2D eigenvalue weighted by Crippen LogP contribution is 2.50. The van der Waals surface area contributed by atoms with Crippen LogP contribution in [0.5, 0.6) is 0 Å². The van der Waals surface area contributed by atoms with E-state index >= 15 is 0 Å². The van der Waals surface area contributed by atoms with Gasteiger partial charge in [-0.25, -0.2) is 9.37 Å². The van der Waals surface area contributed by atoms with Gasteiger partial charge in [-0.05, 0) is 56.0 Å². The maximum absolute atomic E-state index is 14.4. The van der Waals surface area contributed by atoms with Gasteiger partial charge in [0.1, 0.15) is 12.1 Å². The minimum atomic E-state index is -0.909. The van der Waals surface area contributed by atoms with Gasteiger partial charge in [0.25, 0.3) is 5.91 Å². The van der Waals surface area contributed by atoms with E-state index in [9.17, 15) is 14.0 Å². The molecule has 1 aromatic heterocycles. The number of hydrogen-bond acceptors (Lipinski definition) is 3. The Hall–Kier alpha value is -2.47. The van der Waals surface area contributed by atoms with Crippen molar-refractivity contribution in [2.75, 3.05) is 11.4 Å². The number of carbonyl (C=O) groups excluding carboxylic acids is 2. The van der Waals surface area contributed by atoms with E-state index in [0.717, 1.165) is 5.56 Å². The largest absolute Gasteiger partial charge is 0.320 e. The number of anilines is 1. The summed E-state index contributed by atoms with van der Waals surface area (Å²) in [4.78, 5) is 33.1. The minimum absolute atomic E-state index is 0.0796. The fourth-order valence-corrected chi connectivity index (χ4v) is 3.95. The van der Waals surface area contributed by atoms with Gasteiger partial charge in [0, 0.05) is 11.2 Å². The van der Waals surface area contributed by atoms with Crippen LogP contribution in [0, 0.1) is 12.7 Å². The number of hydrogen-bond donors (Lipinski definition) is 0. The van der Waals surface area contributed by atoms with Crippen molar-refractivity contribution in [1.29, 1.82) is 0 Å². The second-order valence-corrected chi connectivity index (χ2v) is 7.67. The van der Waals surface area contributed by atoms with E-state index in [1.54, 1.807) is 24.0 Å². The number of pyridine rings is 1. The topological polar surface area (TPSA) is 53.5 Å². The van der Waals surface area contributed by atoms with Crippen molar-refractivity contribution in [3.05, 3.63) is 58.5 Å². The Morgan fingerprint density at radius 1 is 1.22 bits per heavy atom. The summed E-state index contributed by atoms with van der Waals surface area (Å²) in [6.45, 7) is 3.40. The van der Waals surface area contributed by atoms with E-state index < -0.39 is 11.4 Å². The van der Waals surface area contributed by atoms with Crippen molar-refractivity contribution in [3.8, 4) is 0 Å². The summed E-state index contributed by atoms with van der Waals surface area (Å²) in [6.07, 6.45) is 2.64. The molecule has 1 aromatic carbocycles. The zero-order valence-electron chi connectivity index (χ0n) is 15.1. The lowest BCUT2D eigenvalue weighted by Gasteiger charge is -2.43. The van der Waals surface area contributed by atoms with Gasteiger partial charge < -0.3 is 4.90 Å². The van der Waals surface area contributed by atoms with Crippen LogP contribution in [0.4, 0.5) is 10.2 Å². The molecular weight excluding hydrogens is 369 g/mol. The number of amides is 2. The van der Waals surface area contributed by atoms with Crippen LogP contribution >= 0.6 is 11.6 Å². The Kier molecular flexibility index (Phi) is 4.18. The summed E-state index contributed by atoms with van der Waals surface area (Å²) in [5.41, 5.74) is 0.652. The summed E-state index contributed by atoms with van der Waals surface area (Å²) >= 11 is 5.95. The molecule has 1 saturated carbocycles. The van der Waals surface area contributed by atoms with E-state index in [-0.39, 0.29) is 30.2 Å². The first-order valence-electron chi connectivity index (χ1n) is 8.85. The quantitative estimate of drug-likeness (QED) is 0.807. The molecular formula is C20H19ClFN3O2. The molecule has 140 valence electrons. The number of rotatable bonds is 3. The van der Waals surface area contributed by atoms with Gasteiger partial charge in [0.15, 0.2) is 11.6 Å². The maximum Gasteiger partial charge on any atom is 0.254 e. The summed E-state index contributed by atoms with van der Waals surface area (Å²) < 4.78 is 14.4. The number of benzene rings is 1. The van der Waals surface area contributed by atoms with Crippen LogP contribution < -0.4 is 4.90 Å². The number of piperazine rings is 1. The van der Waals surface area contributed by atoms with Crippen LogP contribution in [-0.2, 0) is 9.59 Å². The molecule has 0 unspecified atom stereocenters. The van der Waals surface area contributed by atoms with Crippen molar-refractivity contribution < 1.29 is 14.0 Å². The van der Waals surface area contributed by atoms with E-state index in [4.69, 9.17) is 11.6 Å². The second-order valence-electron chi connectivity index (χ2n) is 7.23. The highest BCUT2D eigenvalue weighted by atomic mass is 35.5. The van der Waals surface area contributed by atoms with E-state index in [1.807, 2.05) is 19.1 Å². The molecule has 1 spiro atoms. The van der Waals surface area contributed by atoms with E-state index in [1.165, 1.54) is 17.2 Å². The molecule has 0 N–H and O–H groups in total. The van der Waals surface area contributed by atoms with E-state index in [2.05, 4.69) is 4.98 Å². The lowest BCUT2D eigenvalue weighted by Crippen LogP contribution is -2.62. The van der Waals surface area contributed by atoms with Crippen LogP contribution in [0.25, 0.3) is 0 Å². The normalized spacial score (nSPS) is 19.6. The number of carbonyl (C=O) groups is 2. The Morgan fingerprint density at radius 2 is 1.89 bits per heavy atom. The molecule has 0 radical (unpaired) electrons. The van der Waals surface area contributed by atoms with Crippen molar-refractivity contribution in [2.45, 2.75) is 38.3 Å². The van der Waals surface area contributed by atoms with Gasteiger partial charge in [-0.3, -0.25) is 14.5 Å². The molecule has 2 aliphatic rings. The second kappa shape index (κ2) is 6.30. The first-order valence-corrected chi connectivity index (χ1v) is 9.23. The monoisotopic (exact) mass is 387 g/mol. The van der Waals surface area contributed by atoms with Gasteiger partial charge in [-0.1, -0.05) is 23.7 Å². The van der Waals surface area contributed by atoms with Gasteiger partial charge in [0.05, 0.1) is 6.04 Å². The SMILES string of the molecule is Cc1cnc(N2CC(=O)N([C@H](C)c3ccc(Cl)cc3)C3(CC3)C2=O)c(F)c1. The molecule has 1 aliphatic heterocycles. The van der Waals surface area contributed by atoms with Crippen LogP contribution in [-0.4, -0.2) is 33.8 Å². The molecule has 4 rings (SSSR count). The highest BCUT2D eigenvalue weighted by molar-refractivity contribution is 6.30. The minimum Gasteiger partial charge on any atom is -0.320 e. The zero-order valence-corrected chi connectivity index (χ0v) is 15.8. The fourth-order valence-electron chi connectivity index (χ4n) is 3.82. The van der Waals surface area contributed by atoms with Gasteiger partial charge in [-0.2, -0.15) is 0 Å². The molecule has 27 heavy (non-hydrogen) atoms. The number of halogens is 2. The third-order valence-electron chi connectivity index (χ3n) is 5.34. The highest BCUT2D eigenvalue weighted by Gasteiger charge is 2.62. The molecule has 1 atom stereocenters. The van der Waals surface area contributed by atoms with Crippen LogP contribution in [0.1, 0.15) is 36.9 Å². The predicted molar refractivity (Wildman–Crippen MR) is 100.0 cm³/mol. The third-order valence-corrected chi connectivity index (χ3v) is 5.60. The summed E-state index contributed by atoms with van der Waals surface area (Å²) in [5, 5.41) is 0.611. The van der Waals surface area contributed by atoms with Crippen LogP contribution in [0.3, 0.4) is 0 Å². The molecule has 7 heteroatoms. The lowest BCUT2D eigenvalue weighted by molar-refractivity contribution is -0.147. The average Bonchev–Trinajstić information content (AvgIpc) is 3.40. The Morgan fingerprint density at radius 3 is 2.48 bits per heavy atom. The molecule has 1 saturated heterocycles. The average molecular weight is 388 g/mol. The Balaban J connectivity index is 1.68. The standard InChI is InChI=1S/C20H19ClFN3O2/c1-12-9-16(22)18(23-10-12)24-11-17(26)25(20(7-8-20)19(24)27)13(2)14-3-5-15(21)6-4-14/h3-6,9-10,13H,7-8,11H2,1-2H3/t13-/m1/s1. The predicted octanol–water partition coefficient (Wildman–Crippen LogP) is 3.65. The Bertz CT molecular complexity index is 927. The fraction of sp³-hybridized carbons (Fsp3) is 0.350. The summed E-state index contributed by atoms with van der Waals surface area (Å²) in [7, 11) is 0. The van der Waals surface area contributed by atoms with Crippen molar-refractivity contribution >= 4 is 29.2 Å². The van der Waals surface area contributed by atoms with Gasteiger partial charge >= 0.3 is 0 Å². The number of aryl methyl sites for hydroxylation is 1. The van der Waals surface area contributed by atoms with Crippen molar-refractivity contribution in [1.82, 2.24) is 9.88 Å². The smallest absolute Gasteiger partial charge is 0.254 e. The molecule has 2 aromatic rings. The van der Waals surface area contributed by atoms with Gasteiger partial charge in [0.2, 0.25) is 5.91 Å². The molecule has 2 fully saturated rings. The van der Waals surface area contributed by atoms with Gasteiger partial charge in [-0.15, -0.1) is 0 Å². The van der Waals surface area contributed by atoms with E-state index in [0.29, 0.717) is 23.4 Å². The summed E-state index contributed by atoms with van der Waals surface area (Å²) in [6, 6.07) is 8.28. The third kappa shape index (κ3) is 2.88. The first kappa shape index (κ1) is 17.9. The lowest BCUT2D eigenvalue weighted by atomic mass is 10.00. The van der Waals surface area contributed by atoms with Crippen molar-refractivity contribution in [3.63, 3.8) is 0 Å². The molecule has 5 nitrogen and oxygen atoms in total. The molecule has 0 bridgehead atoms. The molecule has 2 amide bonds. The zero-order chi connectivity index (χ0) is 19.3. The van der Waals surface area contributed by atoms with Crippen LogP contribution in [0.2, 0.25) is 5.02 Å². The number of nitrogens with zero attached hydrogens (tertiary/aromatic N) is 3.